The van der Waals surface area contributed by atoms with Crippen LogP contribution in [-0.4, -0.2) is 44.9 Å². The highest BCUT2D eigenvalue weighted by atomic mass is 16.5. The number of benzene rings is 1. The molecule has 152 valence electrons. The lowest BCUT2D eigenvalue weighted by molar-refractivity contribution is 0.186. The molecule has 6 nitrogen and oxygen atoms in total. The smallest absolute Gasteiger partial charge is 0.191 e. The molecule has 27 heavy (non-hydrogen) atoms. The van der Waals surface area contributed by atoms with Gasteiger partial charge in [0.25, 0.3) is 0 Å². The van der Waals surface area contributed by atoms with Gasteiger partial charge in [-0.05, 0) is 43.4 Å². The molecule has 0 saturated heterocycles. The van der Waals surface area contributed by atoms with E-state index in [0.29, 0.717) is 11.5 Å². The second kappa shape index (κ2) is 11.7. The summed E-state index contributed by atoms with van der Waals surface area (Å²) in [7, 11) is 3.18. The van der Waals surface area contributed by atoms with Crippen LogP contribution in [0.1, 0.15) is 57.1 Å². The number of rotatable bonds is 10. The molecule has 0 amide bonds. The number of methoxy groups -OCH3 is 2. The predicted molar refractivity (Wildman–Crippen MR) is 110 cm³/mol. The molecular formula is C21H35N3O3. The van der Waals surface area contributed by atoms with Crippen molar-refractivity contribution in [3.63, 3.8) is 0 Å². The fourth-order valence-corrected chi connectivity index (χ4v) is 3.58. The average Bonchev–Trinajstić information content (AvgIpc) is 3.21. The number of guanidine groups is 1. The van der Waals surface area contributed by atoms with Crippen molar-refractivity contribution in [2.75, 3.05) is 33.9 Å². The third kappa shape index (κ3) is 6.94. The zero-order valence-corrected chi connectivity index (χ0v) is 17.0. The number of nitrogens with one attached hydrogen (secondary N) is 2. The molecular weight excluding hydrogens is 342 g/mol. The zero-order chi connectivity index (χ0) is 19.5. The highest BCUT2D eigenvalue weighted by molar-refractivity contribution is 5.79. The van der Waals surface area contributed by atoms with E-state index < -0.39 is 6.10 Å². The maximum atomic E-state index is 10.5. The molecule has 0 aromatic heterocycles. The van der Waals surface area contributed by atoms with Gasteiger partial charge >= 0.3 is 0 Å². The lowest BCUT2D eigenvalue weighted by Crippen LogP contribution is -2.38. The highest BCUT2D eigenvalue weighted by Crippen LogP contribution is 2.30. The van der Waals surface area contributed by atoms with E-state index in [1.807, 2.05) is 13.0 Å². The minimum atomic E-state index is -0.696. The molecule has 1 aliphatic rings. The van der Waals surface area contributed by atoms with E-state index in [0.717, 1.165) is 37.0 Å². The van der Waals surface area contributed by atoms with Crippen LogP contribution in [0.25, 0.3) is 0 Å². The summed E-state index contributed by atoms with van der Waals surface area (Å²) >= 11 is 0. The number of hydrogen-bond acceptors (Lipinski definition) is 4. The van der Waals surface area contributed by atoms with Crippen LogP contribution in [0.4, 0.5) is 0 Å². The van der Waals surface area contributed by atoms with Crippen LogP contribution in [0.15, 0.2) is 23.2 Å². The average molecular weight is 378 g/mol. The third-order valence-corrected chi connectivity index (χ3v) is 5.12. The van der Waals surface area contributed by atoms with Crippen molar-refractivity contribution in [2.45, 2.75) is 51.6 Å². The van der Waals surface area contributed by atoms with E-state index in [1.165, 1.54) is 32.1 Å². The predicted octanol–water partition coefficient (Wildman–Crippen LogP) is 3.26. The topological polar surface area (TPSA) is 75.1 Å². The molecule has 0 bridgehead atoms. The number of hydrogen-bond donors (Lipinski definition) is 3. The molecule has 1 aromatic carbocycles. The van der Waals surface area contributed by atoms with Gasteiger partial charge in [0.1, 0.15) is 0 Å². The van der Waals surface area contributed by atoms with Gasteiger partial charge in [-0.2, -0.15) is 0 Å². The van der Waals surface area contributed by atoms with E-state index in [9.17, 15) is 5.11 Å². The summed E-state index contributed by atoms with van der Waals surface area (Å²) in [5.74, 6) is 2.92. The second-order valence-electron chi connectivity index (χ2n) is 7.07. The molecule has 6 heteroatoms. The fourth-order valence-electron chi connectivity index (χ4n) is 3.58. The van der Waals surface area contributed by atoms with Gasteiger partial charge in [0.05, 0.1) is 26.9 Å². The van der Waals surface area contributed by atoms with Gasteiger partial charge in [-0.25, -0.2) is 0 Å². The standard InChI is InChI=1S/C21H35N3O3/c1-4-22-21(23-13-7-10-16-8-5-6-9-16)24-15-18(25)17-11-12-19(26-2)20(14-17)27-3/h11-12,14,16,18,25H,4-10,13,15H2,1-3H3,(H2,22,23,24). The molecule has 2 rings (SSSR count). The SMILES string of the molecule is CCNC(=NCC(O)c1ccc(OC)c(OC)c1)NCCCC1CCCC1. The molecule has 1 unspecified atom stereocenters. The van der Waals surface area contributed by atoms with Crippen molar-refractivity contribution in [2.24, 2.45) is 10.9 Å². The van der Waals surface area contributed by atoms with Crippen molar-refractivity contribution in [3.8, 4) is 11.5 Å². The van der Waals surface area contributed by atoms with Crippen molar-refractivity contribution in [1.82, 2.24) is 10.6 Å². The summed E-state index contributed by atoms with van der Waals surface area (Å²) in [6.07, 6.45) is 7.34. The minimum Gasteiger partial charge on any atom is -0.493 e. The van der Waals surface area contributed by atoms with Crippen LogP contribution in [0.3, 0.4) is 0 Å². The van der Waals surface area contributed by atoms with Crippen molar-refractivity contribution < 1.29 is 14.6 Å². The number of nitrogens with zero attached hydrogens (tertiary/aromatic N) is 1. The van der Waals surface area contributed by atoms with E-state index >= 15 is 0 Å². The van der Waals surface area contributed by atoms with E-state index in [1.54, 1.807) is 26.4 Å². The molecule has 1 saturated carbocycles. The Kier molecular flexibility index (Phi) is 9.25. The van der Waals surface area contributed by atoms with Gasteiger partial charge in [-0.15, -0.1) is 0 Å². The molecule has 1 fully saturated rings. The first-order chi connectivity index (χ1) is 13.2. The van der Waals surface area contributed by atoms with E-state index in [4.69, 9.17) is 9.47 Å². The number of aliphatic hydroxyl groups is 1. The molecule has 1 atom stereocenters. The summed E-state index contributed by atoms with van der Waals surface area (Å²) in [5, 5.41) is 17.1. The molecule has 0 aliphatic heterocycles. The number of aliphatic hydroxyl groups excluding tert-OH is 1. The summed E-state index contributed by atoms with van der Waals surface area (Å²) in [6, 6.07) is 5.43. The Morgan fingerprint density at radius 3 is 2.59 bits per heavy atom. The Hall–Kier alpha value is -1.95. The summed E-state index contributed by atoms with van der Waals surface area (Å²) in [4.78, 5) is 4.53. The quantitative estimate of drug-likeness (QED) is 0.331. The van der Waals surface area contributed by atoms with E-state index in [-0.39, 0.29) is 6.54 Å². The highest BCUT2D eigenvalue weighted by Gasteiger charge is 2.14. The van der Waals surface area contributed by atoms with Crippen molar-refractivity contribution in [1.29, 1.82) is 0 Å². The molecule has 0 spiro atoms. The van der Waals surface area contributed by atoms with Crippen LogP contribution in [0, 0.1) is 5.92 Å². The molecule has 0 radical (unpaired) electrons. The second-order valence-corrected chi connectivity index (χ2v) is 7.07. The summed E-state index contributed by atoms with van der Waals surface area (Å²) in [6.45, 7) is 4.03. The Morgan fingerprint density at radius 2 is 1.93 bits per heavy atom. The van der Waals surface area contributed by atoms with Crippen LogP contribution in [-0.2, 0) is 0 Å². The Morgan fingerprint density at radius 1 is 1.19 bits per heavy atom. The third-order valence-electron chi connectivity index (χ3n) is 5.12. The number of aliphatic imine (C=N–C) groups is 1. The monoisotopic (exact) mass is 377 g/mol. The first-order valence-electron chi connectivity index (χ1n) is 10.1. The molecule has 1 aliphatic carbocycles. The first-order valence-corrected chi connectivity index (χ1v) is 10.1. The zero-order valence-electron chi connectivity index (χ0n) is 17.0. The maximum Gasteiger partial charge on any atom is 0.191 e. The van der Waals surface area contributed by atoms with Gasteiger partial charge in [0.15, 0.2) is 17.5 Å². The summed E-state index contributed by atoms with van der Waals surface area (Å²) in [5.41, 5.74) is 0.758. The molecule has 0 heterocycles. The Bertz CT molecular complexity index is 586. The molecule has 3 N–H and O–H groups in total. The minimum absolute atomic E-state index is 0.285. The Balaban J connectivity index is 1.84. The van der Waals surface area contributed by atoms with Gasteiger partial charge in [-0.3, -0.25) is 4.99 Å². The lowest BCUT2D eigenvalue weighted by atomic mass is 10.0. The first kappa shape index (κ1) is 21.4. The van der Waals surface area contributed by atoms with Gasteiger partial charge in [0, 0.05) is 13.1 Å². The largest absolute Gasteiger partial charge is 0.493 e. The maximum absolute atomic E-state index is 10.5. The van der Waals surface area contributed by atoms with Gasteiger partial charge in [0.2, 0.25) is 0 Å². The number of ether oxygens (including phenoxy) is 2. The molecule has 1 aromatic rings. The van der Waals surface area contributed by atoms with Crippen LogP contribution < -0.4 is 20.1 Å². The van der Waals surface area contributed by atoms with Gasteiger partial charge < -0.3 is 25.2 Å². The normalized spacial score (nSPS) is 16.2. The van der Waals surface area contributed by atoms with Crippen LogP contribution >= 0.6 is 0 Å². The summed E-state index contributed by atoms with van der Waals surface area (Å²) < 4.78 is 10.5. The lowest BCUT2D eigenvalue weighted by Gasteiger charge is -2.15. The van der Waals surface area contributed by atoms with Crippen LogP contribution in [0.2, 0.25) is 0 Å². The van der Waals surface area contributed by atoms with Crippen LogP contribution in [0.5, 0.6) is 11.5 Å². The van der Waals surface area contributed by atoms with E-state index in [2.05, 4.69) is 15.6 Å². The van der Waals surface area contributed by atoms with Gasteiger partial charge in [-0.1, -0.05) is 31.7 Å². The Labute approximate surface area is 163 Å². The van der Waals surface area contributed by atoms with Crippen molar-refractivity contribution >= 4 is 5.96 Å². The van der Waals surface area contributed by atoms with Crippen molar-refractivity contribution in [3.05, 3.63) is 23.8 Å². The fraction of sp³-hybridized carbons (Fsp3) is 0.667.